The number of rotatable bonds is 11. The number of hydrogen-bond donors (Lipinski definition) is 2. The van der Waals surface area contributed by atoms with Crippen LogP contribution < -0.4 is 10.6 Å². The second-order valence-electron chi connectivity index (χ2n) is 5.13. The van der Waals surface area contributed by atoms with E-state index in [1.54, 1.807) is 0 Å². The molecule has 0 aliphatic rings. The predicted octanol–water partition coefficient (Wildman–Crippen LogP) is 3.82. The maximum absolute atomic E-state index is 3.78. The largest absolute Gasteiger partial charge is 0.320 e. The van der Waals surface area contributed by atoms with Gasteiger partial charge in [-0.3, -0.25) is 0 Å². The van der Waals surface area contributed by atoms with Crippen molar-refractivity contribution in [3.63, 3.8) is 0 Å². The Labute approximate surface area is 120 Å². The van der Waals surface area contributed by atoms with E-state index in [1.807, 2.05) is 13.1 Å². The van der Waals surface area contributed by atoms with Gasteiger partial charge in [-0.15, -0.1) is 0 Å². The lowest BCUT2D eigenvalue weighted by atomic mass is 10.0. The molecule has 19 heavy (non-hydrogen) atoms. The summed E-state index contributed by atoms with van der Waals surface area (Å²) in [5, 5.41) is 6.99. The molecular weight excluding hydrogens is 232 g/mol. The van der Waals surface area contributed by atoms with E-state index in [1.165, 1.54) is 24.8 Å². The third-order valence-electron chi connectivity index (χ3n) is 3.15. The van der Waals surface area contributed by atoms with E-state index in [2.05, 4.69) is 56.2 Å². The van der Waals surface area contributed by atoms with Crippen LogP contribution in [-0.2, 0) is 0 Å². The van der Waals surface area contributed by atoms with Gasteiger partial charge in [0.05, 0.1) is 0 Å². The number of allylic oxidation sites excluding steroid dienone is 4. The highest BCUT2D eigenvalue weighted by molar-refractivity contribution is 5.23. The van der Waals surface area contributed by atoms with Gasteiger partial charge in [0.15, 0.2) is 0 Å². The fourth-order valence-corrected chi connectivity index (χ4v) is 2.35. The van der Waals surface area contributed by atoms with Crippen molar-refractivity contribution in [2.75, 3.05) is 13.6 Å². The van der Waals surface area contributed by atoms with Gasteiger partial charge in [0, 0.05) is 12.1 Å². The summed E-state index contributed by atoms with van der Waals surface area (Å²) in [5.41, 5.74) is 1.33. The summed E-state index contributed by atoms with van der Waals surface area (Å²) < 4.78 is 0. The first kappa shape index (κ1) is 18.1. The molecule has 0 spiro atoms. The third kappa shape index (κ3) is 9.69. The van der Waals surface area contributed by atoms with Crippen molar-refractivity contribution in [3.05, 3.63) is 36.5 Å². The molecule has 2 unspecified atom stereocenters. The molecule has 0 aliphatic carbocycles. The third-order valence-corrected chi connectivity index (χ3v) is 3.15. The lowest BCUT2D eigenvalue weighted by molar-refractivity contribution is 0.395. The average molecular weight is 264 g/mol. The Bertz CT molecular complexity index is 279. The minimum absolute atomic E-state index is 0.496. The van der Waals surface area contributed by atoms with Crippen molar-refractivity contribution in [3.8, 4) is 0 Å². The zero-order valence-electron chi connectivity index (χ0n) is 13.2. The molecular formula is C17H32N2. The quantitative estimate of drug-likeness (QED) is 0.554. The zero-order valence-corrected chi connectivity index (χ0v) is 13.2. The van der Waals surface area contributed by atoms with Gasteiger partial charge in [-0.2, -0.15) is 0 Å². The molecule has 0 radical (unpaired) electrons. The summed E-state index contributed by atoms with van der Waals surface area (Å²) in [6, 6.07) is 1.11. The van der Waals surface area contributed by atoms with Gasteiger partial charge in [-0.25, -0.2) is 0 Å². The molecule has 0 aromatic heterocycles. The molecule has 0 saturated heterocycles. The van der Waals surface area contributed by atoms with Gasteiger partial charge >= 0.3 is 0 Å². The summed E-state index contributed by atoms with van der Waals surface area (Å²) in [6.45, 7) is 11.4. The number of nitrogens with one attached hydrogen (secondary N) is 2. The van der Waals surface area contributed by atoms with Gasteiger partial charge in [0.25, 0.3) is 0 Å². The van der Waals surface area contributed by atoms with Crippen molar-refractivity contribution in [1.29, 1.82) is 0 Å². The van der Waals surface area contributed by atoms with E-state index in [0.717, 1.165) is 13.0 Å². The van der Waals surface area contributed by atoms with Crippen molar-refractivity contribution < 1.29 is 0 Å². The van der Waals surface area contributed by atoms with Crippen LogP contribution in [0.5, 0.6) is 0 Å². The Kier molecular flexibility index (Phi) is 11.6. The van der Waals surface area contributed by atoms with Gasteiger partial charge in [-0.1, -0.05) is 44.2 Å². The molecule has 0 fully saturated rings. The summed E-state index contributed by atoms with van der Waals surface area (Å²) in [6.07, 6.45) is 12.9. The Hall–Kier alpha value is -0.860. The van der Waals surface area contributed by atoms with E-state index in [-0.39, 0.29) is 0 Å². The maximum atomic E-state index is 3.78. The monoisotopic (exact) mass is 264 g/mol. The van der Waals surface area contributed by atoms with Gasteiger partial charge < -0.3 is 10.6 Å². The Balaban J connectivity index is 4.32. The predicted molar refractivity (Wildman–Crippen MR) is 87.5 cm³/mol. The van der Waals surface area contributed by atoms with Crippen LogP contribution in [0.2, 0.25) is 0 Å². The van der Waals surface area contributed by atoms with E-state index < -0.39 is 0 Å². The molecule has 0 saturated carbocycles. The molecule has 2 heteroatoms. The smallest absolute Gasteiger partial charge is 0.00817 e. The van der Waals surface area contributed by atoms with Crippen LogP contribution in [0.15, 0.2) is 36.5 Å². The molecule has 0 bridgehead atoms. The molecule has 0 aromatic rings. The van der Waals surface area contributed by atoms with Crippen LogP contribution in [0.4, 0.5) is 0 Å². The highest BCUT2D eigenvalue weighted by atomic mass is 14.9. The Morgan fingerprint density at radius 1 is 1.32 bits per heavy atom. The molecule has 0 rings (SSSR count). The van der Waals surface area contributed by atoms with Crippen LogP contribution in [0.25, 0.3) is 0 Å². The first-order valence-corrected chi connectivity index (χ1v) is 7.52. The lowest BCUT2D eigenvalue weighted by Crippen LogP contribution is -2.38. The lowest BCUT2D eigenvalue weighted by Gasteiger charge is -2.23. The van der Waals surface area contributed by atoms with Crippen molar-refractivity contribution >= 4 is 0 Å². The van der Waals surface area contributed by atoms with E-state index >= 15 is 0 Å². The van der Waals surface area contributed by atoms with Crippen LogP contribution in [0, 0.1) is 0 Å². The van der Waals surface area contributed by atoms with Crippen LogP contribution in [0.3, 0.4) is 0 Å². The summed E-state index contributed by atoms with van der Waals surface area (Å²) in [5.74, 6) is 0. The van der Waals surface area contributed by atoms with Gasteiger partial charge in [-0.05, 0) is 52.3 Å². The first-order chi connectivity index (χ1) is 9.17. The van der Waals surface area contributed by atoms with E-state index in [9.17, 15) is 0 Å². The molecule has 0 amide bonds. The Morgan fingerprint density at radius 2 is 2.05 bits per heavy atom. The Morgan fingerprint density at radius 3 is 2.58 bits per heavy atom. The highest BCUT2D eigenvalue weighted by Crippen LogP contribution is 2.10. The van der Waals surface area contributed by atoms with E-state index in [0.29, 0.717) is 12.1 Å². The SMILES string of the molecule is C=C/C=C(\C=C\C)CC(C)NC(CCC)CCNC. The number of hydrogen-bond acceptors (Lipinski definition) is 2. The molecule has 110 valence electrons. The normalized spacial score (nSPS) is 15.7. The molecule has 2 atom stereocenters. The highest BCUT2D eigenvalue weighted by Gasteiger charge is 2.11. The second-order valence-corrected chi connectivity index (χ2v) is 5.13. The van der Waals surface area contributed by atoms with Crippen LogP contribution in [0.1, 0.15) is 46.5 Å². The van der Waals surface area contributed by atoms with Gasteiger partial charge in [0.2, 0.25) is 0 Å². The molecule has 0 aliphatic heterocycles. The molecule has 0 heterocycles. The molecule has 2 N–H and O–H groups in total. The van der Waals surface area contributed by atoms with Gasteiger partial charge in [0.1, 0.15) is 0 Å². The summed E-state index contributed by atoms with van der Waals surface area (Å²) in [7, 11) is 2.02. The molecule has 0 aromatic carbocycles. The summed E-state index contributed by atoms with van der Waals surface area (Å²) in [4.78, 5) is 0. The second kappa shape index (κ2) is 12.2. The first-order valence-electron chi connectivity index (χ1n) is 7.52. The minimum atomic E-state index is 0.496. The fraction of sp³-hybridized carbons (Fsp3) is 0.647. The van der Waals surface area contributed by atoms with Crippen LogP contribution in [-0.4, -0.2) is 25.7 Å². The zero-order chi connectivity index (χ0) is 14.5. The summed E-state index contributed by atoms with van der Waals surface area (Å²) >= 11 is 0. The molecule has 2 nitrogen and oxygen atoms in total. The average Bonchev–Trinajstić information content (AvgIpc) is 2.36. The van der Waals surface area contributed by atoms with Crippen molar-refractivity contribution in [1.82, 2.24) is 10.6 Å². The minimum Gasteiger partial charge on any atom is -0.320 e. The van der Waals surface area contributed by atoms with E-state index in [4.69, 9.17) is 0 Å². The van der Waals surface area contributed by atoms with Crippen molar-refractivity contribution in [2.45, 2.75) is 58.5 Å². The standard InChI is InChI=1S/C17H32N2/c1-6-9-16(10-7-2)14-15(4)19-17(11-8-3)12-13-18-5/h6-7,9-10,15,17-19H,1,8,11-14H2,2-5H3/b10-7+,16-9+. The fourth-order valence-electron chi connectivity index (χ4n) is 2.35. The van der Waals surface area contributed by atoms with Crippen LogP contribution >= 0.6 is 0 Å². The maximum Gasteiger partial charge on any atom is 0.00817 e. The topological polar surface area (TPSA) is 24.1 Å². The van der Waals surface area contributed by atoms with Crippen molar-refractivity contribution in [2.24, 2.45) is 0 Å².